The van der Waals surface area contributed by atoms with Crippen LogP contribution in [0.4, 0.5) is 8.78 Å². The van der Waals surface area contributed by atoms with Crippen LogP contribution in [0.3, 0.4) is 0 Å². The largest absolute Gasteiger partial charge is 0.503 e. The van der Waals surface area contributed by atoms with Gasteiger partial charge in [0.2, 0.25) is 10.0 Å². The van der Waals surface area contributed by atoms with Gasteiger partial charge in [0.15, 0.2) is 5.75 Å². The number of rotatable bonds is 2. The summed E-state index contributed by atoms with van der Waals surface area (Å²) in [5.41, 5.74) is -2.50. The van der Waals surface area contributed by atoms with Crippen LogP contribution in [0.2, 0.25) is 0 Å². The zero-order chi connectivity index (χ0) is 11.8. The minimum Gasteiger partial charge on any atom is -0.503 e. The van der Waals surface area contributed by atoms with Crippen molar-refractivity contribution in [3.05, 3.63) is 22.1 Å². The molecule has 0 aliphatic rings. The molecule has 0 aliphatic carbocycles. The van der Waals surface area contributed by atoms with Gasteiger partial charge in [-0.3, -0.25) is 4.79 Å². The Morgan fingerprint density at radius 3 is 2.40 bits per heavy atom. The summed E-state index contributed by atoms with van der Waals surface area (Å²) in [6.07, 6.45) is -2.81. The van der Waals surface area contributed by atoms with Crippen molar-refractivity contribution in [2.45, 2.75) is 11.3 Å². The molecular formula is C6H6F2N2O4S. The highest BCUT2D eigenvalue weighted by Crippen LogP contribution is 2.30. The van der Waals surface area contributed by atoms with Crippen molar-refractivity contribution in [2.24, 2.45) is 5.14 Å². The van der Waals surface area contributed by atoms with Gasteiger partial charge in [-0.2, -0.15) is 0 Å². The average Bonchev–Trinajstić information content (AvgIpc) is 2.06. The van der Waals surface area contributed by atoms with Crippen LogP contribution in [0.25, 0.3) is 0 Å². The first-order valence-electron chi connectivity index (χ1n) is 3.50. The molecular weight excluding hydrogens is 234 g/mol. The van der Waals surface area contributed by atoms with E-state index in [0.717, 1.165) is 0 Å². The lowest BCUT2D eigenvalue weighted by atomic mass is 10.2. The van der Waals surface area contributed by atoms with Crippen molar-refractivity contribution in [3.8, 4) is 5.75 Å². The van der Waals surface area contributed by atoms with Crippen LogP contribution < -0.4 is 10.7 Å². The van der Waals surface area contributed by atoms with Crippen LogP contribution in [0.1, 0.15) is 12.0 Å². The lowest BCUT2D eigenvalue weighted by Crippen LogP contribution is -2.19. The zero-order valence-corrected chi connectivity index (χ0v) is 7.88. The van der Waals surface area contributed by atoms with Crippen molar-refractivity contribution in [2.75, 3.05) is 0 Å². The third-order valence-electron chi connectivity index (χ3n) is 1.59. The molecule has 1 aromatic rings. The minimum atomic E-state index is -4.43. The van der Waals surface area contributed by atoms with E-state index in [4.69, 9.17) is 5.11 Å². The molecule has 15 heavy (non-hydrogen) atoms. The summed E-state index contributed by atoms with van der Waals surface area (Å²) in [4.78, 5) is 11.5. The molecule has 6 nitrogen and oxygen atoms in total. The van der Waals surface area contributed by atoms with E-state index in [1.807, 2.05) is 0 Å². The third-order valence-corrected chi connectivity index (χ3v) is 2.55. The number of nitrogens with two attached hydrogens (primary N) is 1. The zero-order valence-electron chi connectivity index (χ0n) is 7.07. The summed E-state index contributed by atoms with van der Waals surface area (Å²) in [6.45, 7) is 0. The minimum absolute atomic E-state index is 0.513. The first kappa shape index (κ1) is 11.6. The maximum atomic E-state index is 12.4. The normalized spacial score (nSPS) is 12.0. The molecule has 0 bridgehead atoms. The Morgan fingerprint density at radius 2 is 2.00 bits per heavy atom. The van der Waals surface area contributed by atoms with Gasteiger partial charge in [0.25, 0.3) is 12.0 Å². The van der Waals surface area contributed by atoms with Crippen LogP contribution in [0.5, 0.6) is 5.75 Å². The lowest BCUT2D eigenvalue weighted by molar-refractivity contribution is 0.143. The molecule has 1 aromatic heterocycles. The highest BCUT2D eigenvalue weighted by molar-refractivity contribution is 7.89. The topological polar surface area (TPSA) is 113 Å². The molecule has 1 heterocycles. The Kier molecular flexibility index (Phi) is 2.77. The smallest absolute Gasteiger partial charge is 0.290 e. The van der Waals surface area contributed by atoms with Crippen molar-refractivity contribution in [1.82, 2.24) is 4.98 Å². The van der Waals surface area contributed by atoms with E-state index in [0.29, 0.717) is 6.20 Å². The van der Waals surface area contributed by atoms with Crippen molar-refractivity contribution >= 4 is 10.0 Å². The number of hydrogen-bond acceptors (Lipinski definition) is 4. The Labute approximate surface area is 82.4 Å². The summed E-state index contributed by atoms with van der Waals surface area (Å²) in [6, 6.07) is 0. The fourth-order valence-corrected chi connectivity index (χ4v) is 1.68. The predicted molar refractivity (Wildman–Crippen MR) is 45.1 cm³/mol. The second-order valence-corrected chi connectivity index (χ2v) is 4.12. The Bertz CT molecular complexity index is 537. The fourth-order valence-electron chi connectivity index (χ4n) is 0.962. The second-order valence-electron chi connectivity index (χ2n) is 2.59. The third kappa shape index (κ3) is 2.13. The van der Waals surface area contributed by atoms with Gasteiger partial charge in [-0.15, -0.1) is 0 Å². The number of alkyl halides is 2. The van der Waals surface area contributed by atoms with Crippen LogP contribution in [0.15, 0.2) is 15.9 Å². The molecule has 9 heteroatoms. The molecule has 0 radical (unpaired) electrons. The average molecular weight is 240 g/mol. The van der Waals surface area contributed by atoms with Crippen molar-refractivity contribution in [1.29, 1.82) is 0 Å². The number of aromatic amines is 1. The Hall–Kier alpha value is -1.48. The molecule has 0 atom stereocenters. The molecule has 0 spiro atoms. The van der Waals surface area contributed by atoms with E-state index < -0.39 is 38.2 Å². The monoisotopic (exact) mass is 240 g/mol. The Balaban J connectivity index is 3.70. The number of aromatic hydroxyl groups is 1. The number of nitrogens with one attached hydrogen (secondary N) is 1. The number of hydrogen-bond donors (Lipinski definition) is 3. The molecule has 84 valence electrons. The first-order chi connectivity index (χ1) is 6.75. The first-order valence-corrected chi connectivity index (χ1v) is 5.05. The Morgan fingerprint density at radius 1 is 1.47 bits per heavy atom. The van der Waals surface area contributed by atoms with Crippen LogP contribution >= 0.6 is 0 Å². The van der Waals surface area contributed by atoms with Crippen molar-refractivity contribution in [3.63, 3.8) is 0 Å². The molecule has 4 N–H and O–H groups in total. The molecule has 0 amide bonds. The summed E-state index contributed by atoms with van der Waals surface area (Å²) in [5, 5.41) is 13.6. The number of primary sulfonamides is 1. The SMILES string of the molecule is NS(=O)(=O)c1c[nH]c(=O)c(O)c1C(F)F. The van der Waals surface area contributed by atoms with Gasteiger partial charge in [-0.1, -0.05) is 0 Å². The van der Waals surface area contributed by atoms with E-state index >= 15 is 0 Å². The molecule has 0 aliphatic heterocycles. The lowest BCUT2D eigenvalue weighted by Gasteiger charge is -2.07. The van der Waals surface area contributed by atoms with Crippen LogP contribution in [-0.2, 0) is 10.0 Å². The highest BCUT2D eigenvalue weighted by atomic mass is 32.2. The molecule has 0 saturated heterocycles. The van der Waals surface area contributed by atoms with Gasteiger partial charge in [-0.05, 0) is 0 Å². The fraction of sp³-hybridized carbons (Fsp3) is 0.167. The van der Waals surface area contributed by atoms with Crippen LogP contribution in [-0.4, -0.2) is 18.5 Å². The van der Waals surface area contributed by atoms with Gasteiger partial charge in [0.05, 0.1) is 5.56 Å². The quantitative estimate of drug-likeness (QED) is 0.656. The predicted octanol–water partition coefficient (Wildman–Crippen LogP) is -0.334. The molecule has 0 saturated carbocycles. The van der Waals surface area contributed by atoms with Crippen molar-refractivity contribution < 1.29 is 22.3 Å². The number of aromatic nitrogens is 1. The van der Waals surface area contributed by atoms with E-state index in [1.165, 1.54) is 0 Å². The van der Waals surface area contributed by atoms with Gasteiger partial charge in [0.1, 0.15) is 4.90 Å². The molecule has 0 fully saturated rings. The maximum absolute atomic E-state index is 12.4. The maximum Gasteiger partial charge on any atom is 0.290 e. The van der Waals surface area contributed by atoms with E-state index in [2.05, 4.69) is 5.14 Å². The highest BCUT2D eigenvalue weighted by Gasteiger charge is 2.26. The molecule has 0 aromatic carbocycles. The molecule has 0 unspecified atom stereocenters. The standard InChI is InChI=1S/C6H6F2N2O4S/c7-5(8)3-2(15(9,13)14)1-10-6(12)4(3)11/h1,5,11H,(H,10,12)(H2,9,13,14). The van der Waals surface area contributed by atoms with E-state index in [-0.39, 0.29) is 0 Å². The summed E-state index contributed by atoms with van der Waals surface area (Å²) in [7, 11) is -4.43. The summed E-state index contributed by atoms with van der Waals surface area (Å²) < 4.78 is 46.4. The van der Waals surface area contributed by atoms with E-state index in [9.17, 15) is 22.0 Å². The molecule has 1 rings (SSSR count). The number of sulfonamides is 1. The van der Waals surface area contributed by atoms with Gasteiger partial charge in [0, 0.05) is 6.20 Å². The van der Waals surface area contributed by atoms with Gasteiger partial charge < -0.3 is 10.1 Å². The number of pyridine rings is 1. The number of H-pyrrole nitrogens is 1. The summed E-state index contributed by atoms with van der Waals surface area (Å²) in [5.74, 6) is -1.35. The second kappa shape index (κ2) is 3.59. The van der Waals surface area contributed by atoms with Crippen LogP contribution in [0, 0.1) is 0 Å². The van der Waals surface area contributed by atoms with Gasteiger partial charge >= 0.3 is 0 Å². The summed E-state index contributed by atoms with van der Waals surface area (Å²) >= 11 is 0. The number of halogens is 2. The van der Waals surface area contributed by atoms with Gasteiger partial charge in [-0.25, -0.2) is 22.3 Å². The van der Waals surface area contributed by atoms with E-state index in [1.54, 1.807) is 4.98 Å².